The Labute approximate surface area is 86.8 Å². The lowest BCUT2D eigenvalue weighted by Crippen LogP contribution is -2.28. The highest BCUT2D eigenvalue weighted by molar-refractivity contribution is 5.29. The van der Waals surface area contributed by atoms with Gasteiger partial charge in [0.15, 0.2) is 0 Å². The Kier molecular flexibility index (Phi) is 3.07. The molecule has 2 rings (SSSR count). The average Bonchev–Trinajstić information content (AvgIpc) is 2.44. The predicted octanol–water partition coefficient (Wildman–Crippen LogP) is 3.26. The maximum atomic E-state index is 2.51. The van der Waals surface area contributed by atoms with Crippen LogP contribution in [0.15, 0.2) is 35.6 Å². The van der Waals surface area contributed by atoms with Crippen molar-refractivity contribution in [2.75, 3.05) is 13.1 Å². The van der Waals surface area contributed by atoms with Crippen molar-refractivity contribution < 1.29 is 0 Å². The zero-order valence-corrected chi connectivity index (χ0v) is 9.00. The third kappa shape index (κ3) is 2.28. The van der Waals surface area contributed by atoms with Gasteiger partial charge in [-0.1, -0.05) is 17.7 Å². The predicted molar refractivity (Wildman–Crippen MR) is 61.0 cm³/mol. The van der Waals surface area contributed by atoms with Crippen molar-refractivity contribution in [3.8, 4) is 0 Å². The van der Waals surface area contributed by atoms with E-state index in [2.05, 4.69) is 36.1 Å². The molecule has 0 aromatic rings. The lowest BCUT2D eigenvalue weighted by atomic mass is 10.1. The van der Waals surface area contributed by atoms with Gasteiger partial charge in [0.25, 0.3) is 0 Å². The molecule has 0 aromatic heterocycles. The minimum atomic E-state index is 1.10. The second-order valence-electron chi connectivity index (χ2n) is 4.26. The van der Waals surface area contributed by atoms with Gasteiger partial charge < -0.3 is 4.90 Å². The molecule has 14 heavy (non-hydrogen) atoms. The summed E-state index contributed by atoms with van der Waals surface area (Å²) in [6, 6.07) is 0. The first-order chi connectivity index (χ1) is 6.86. The zero-order valence-electron chi connectivity index (χ0n) is 9.00. The van der Waals surface area contributed by atoms with Crippen LogP contribution < -0.4 is 0 Å². The molecule has 0 radical (unpaired) electrons. The van der Waals surface area contributed by atoms with Crippen molar-refractivity contribution in [2.24, 2.45) is 0 Å². The van der Waals surface area contributed by atoms with Crippen molar-refractivity contribution >= 4 is 0 Å². The molecule has 1 aliphatic carbocycles. The van der Waals surface area contributed by atoms with E-state index in [0.29, 0.717) is 0 Å². The average molecular weight is 189 g/mol. The van der Waals surface area contributed by atoms with Gasteiger partial charge in [-0.05, 0) is 44.8 Å². The monoisotopic (exact) mass is 189 g/mol. The molecule has 0 saturated carbocycles. The van der Waals surface area contributed by atoms with Crippen molar-refractivity contribution in [2.45, 2.75) is 32.6 Å². The van der Waals surface area contributed by atoms with Crippen LogP contribution >= 0.6 is 0 Å². The van der Waals surface area contributed by atoms with E-state index in [1.165, 1.54) is 43.6 Å². The second kappa shape index (κ2) is 4.50. The molecule has 2 aliphatic rings. The van der Waals surface area contributed by atoms with Crippen LogP contribution in [0.25, 0.3) is 0 Å². The number of piperidine rings is 1. The van der Waals surface area contributed by atoms with E-state index in [0.717, 1.165) is 6.42 Å². The molecular formula is C13H19N. The summed E-state index contributed by atoms with van der Waals surface area (Å²) in [5.41, 5.74) is 2.86. The van der Waals surface area contributed by atoms with Gasteiger partial charge in [0.2, 0.25) is 0 Å². The van der Waals surface area contributed by atoms with E-state index in [1.807, 2.05) is 0 Å². The topological polar surface area (TPSA) is 3.24 Å². The molecule has 0 atom stereocenters. The number of likely N-dealkylation sites (tertiary alicyclic amines) is 1. The fourth-order valence-electron chi connectivity index (χ4n) is 2.08. The molecule has 1 heteroatoms. The molecule has 1 aliphatic heterocycles. The van der Waals surface area contributed by atoms with Crippen molar-refractivity contribution in [3.05, 3.63) is 35.6 Å². The van der Waals surface area contributed by atoms with Crippen molar-refractivity contribution in [3.63, 3.8) is 0 Å². The minimum Gasteiger partial charge on any atom is -0.372 e. The molecular weight excluding hydrogens is 170 g/mol. The summed E-state index contributed by atoms with van der Waals surface area (Å²) in [5.74, 6) is 0. The summed E-state index contributed by atoms with van der Waals surface area (Å²) in [4.78, 5) is 2.51. The van der Waals surface area contributed by atoms with Gasteiger partial charge in [0, 0.05) is 18.8 Å². The quantitative estimate of drug-likeness (QED) is 0.612. The molecule has 0 bridgehead atoms. The molecule has 76 valence electrons. The number of hydrogen-bond acceptors (Lipinski definition) is 1. The van der Waals surface area contributed by atoms with Crippen LogP contribution in [-0.4, -0.2) is 18.0 Å². The highest BCUT2D eigenvalue weighted by atomic mass is 15.1. The molecule has 0 unspecified atom stereocenters. The third-order valence-electron chi connectivity index (χ3n) is 2.99. The van der Waals surface area contributed by atoms with Crippen LogP contribution in [0, 0.1) is 0 Å². The molecule has 1 saturated heterocycles. The lowest BCUT2D eigenvalue weighted by Gasteiger charge is -2.29. The van der Waals surface area contributed by atoms with Crippen LogP contribution in [0.2, 0.25) is 0 Å². The van der Waals surface area contributed by atoms with Crippen molar-refractivity contribution in [1.29, 1.82) is 0 Å². The summed E-state index contributed by atoms with van der Waals surface area (Å²) in [7, 11) is 0. The van der Waals surface area contributed by atoms with Gasteiger partial charge in [0.1, 0.15) is 0 Å². The largest absolute Gasteiger partial charge is 0.372 e. The summed E-state index contributed by atoms with van der Waals surface area (Å²) >= 11 is 0. The maximum Gasteiger partial charge on any atom is 0.0363 e. The van der Waals surface area contributed by atoms with E-state index in [4.69, 9.17) is 0 Å². The minimum absolute atomic E-state index is 1.10. The van der Waals surface area contributed by atoms with Crippen molar-refractivity contribution in [1.82, 2.24) is 4.90 Å². The Bertz CT molecular complexity index is 278. The fraction of sp³-hybridized carbons (Fsp3) is 0.538. The Hall–Kier alpha value is -0.980. The molecule has 0 aromatic carbocycles. The van der Waals surface area contributed by atoms with Crippen LogP contribution in [0.5, 0.6) is 0 Å². The first-order valence-corrected chi connectivity index (χ1v) is 5.65. The van der Waals surface area contributed by atoms with Crippen LogP contribution in [0.4, 0.5) is 0 Å². The number of rotatable bonds is 1. The van der Waals surface area contributed by atoms with E-state index >= 15 is 0 Å². The van der Waals surface area contributed by atoms with E-state index < -0.39 is 0 Å². The molecule has 0 N–H and O–H groups in total. The number of nitrogens with zero attached hydrogens (tertiary/aromatic N) is 1. The molecule has 0 amide bonds. The van der Waals surface area contributed by atoms with Crippen LogP contribution in [0.3, 0.4) is 0 Å². The maximum absolute atomic E-state index is 2.51. The third-order valence-corrected chi connectivity index (χ3v) is 2.99. The molecule has 1 nitrogen and oxygen atoms in total. The first-order valence-electron chi connectivity index (χ1n) is 5.65. The smallest absolute Gasteiger partial charge is 0.0363 e. The Morgan fingerprint density at radius 3 is 2.64 bits per heavy atom. The summed E-state index contributed by atoms with van der Waals surface area (Å²) in [5, 5.41) is 0. The van der Waals surface area contributed by atoms with Gasteiger partial charge >= 0.3 is 0 Å². The number of hydrogen-bond donors (Lipinski definition) is 0. The van der Waals surface area contributed by atoms with Gasteiger partial charge in [-0.15, -0.1) is 0 Å². The fourth-order valence-corrected chi connectivity index (χ4v) is 2.08. The van der Waals surface area contributed by atoms with Gasteiger partial charge in [-0.3, -0.25) is 0 Å². The standard InChI is InChI=1S/C13H19N/c1-12-6-5-7-13(9-8-12)14-10-3-2-4-11-14/h5,7-9H,2-4,6,10-11H2,1H3. The summed E-state index contributed by atoms with van der Waals surface area (Å²) < 4.78 is 0. The highest BCUT2D eigenvalue weighted by Crippen LogP contribution is 2.18. The normalized spacial score (nSPS) is 22.8. The first kappa shape index (κ1) is 9.57. The van der Waals surface area contributed by atoms with Crippen LogP contribution in [-0.2, 0) is 0 Å². The van der Waals surface area contributed by atoms with Crippen LogP contribution in [0.1, 0.15) is 32.6 Å². The Morgan fingerprint density at radius 1 is 1.07 bits per heavy atom. The van der Waals surface area contributed by atoms with E-state index in [1.54, 1.807) is 0 Å². The molecule has 1 fully saturated rings. The van der Waals surface area contributed by atoms with Gasteiger partial charge in [0.05, 0.1) is 0 Å². The highest BCUT2D eigenvalue weighted by Gasteiger charge is 2.11. The van der Waals surface area contributed by atoms with Gasteiger partial charge in [-0.2, -0.15) is 0 Å². The lowest BCUT2D eigenvalue weighted by molar-refractivity contribution is 0.293. The SMILES string of the molecule is CC1=CC=C(N2CCCCC2)C=CC1. The second-order valence-corrected chi connectivity index (χ2v) is 4.26. The zero-order chi connectivity index (χ0) is 9.80. The summed E-state index contributed by atoms with van der Waals surface area (Å²) in [6.07, 6.45) is 14.3. The number of allylic oxidation sites excluding steroid dienone is 5. The molecule has 0 spiro atoms. The van der Waals surface area contributed by atoms with Gasteiger partial charge in [-0.25, -0.2) is 0 Å². The van der Waals surface area contributed by atoms with E-state index in [-0.39, 0.29) is 0 Å². The van der Waals surface area contributed by atoms with E-state index in [9.17, 15) is 0 Å². The molecule has 1 heterocycles. The summed E-state index contributed by atoms with van der Waals surface area (Å²) in [6.45, 7) is 4.67. The Balaban J connectivity index is 2.08. The Morgan fingerprint density at radius 2 is 1.86 bits per heavy atom.